The van der Waals surface area contributed by atoms with Crippen LogP contribution in [0, 0.1) is 17.5 Å². The van der Waals surface area contributed by atoms with Crippen molar-refractivity contribution in [2.45, 2.75) is 13.0 Å². The molecule has 0 aliphatic rings. The number of fused-ring (bicyclic) bond motifs is 1. The van der Waals surface area contributed by atoms with Gasteiger partial charge in [0.2, 0.25) is 5.62 Å². The highest BCUT2D eigenvalue weighted by Crippen LogP contribution is 2.29. The van der Waals surface area contributed by atoms with E-state index >= 15 is 0 Å². The van der Waals surface area contributed by atoms with Gasteiger partial charge in [0.1, 0.15) is 12.1 Å². The molecule has 0 aliphatic carbocycles. The van der Waals surface area contributed by atoms with Crippen LogP contribution in [-0.2, 0) is 27.1 Å². The number of H-pyrrole nitrogens is 1. The Bertz CT molecular complexity index is 1960. The standard InChI is InChI=1S/C22H17ClF3N9O2/c1-32-7-12-4-18(13(23)5-17(12)30-32)28-20-29-21(36)35(9-19-27-10-33(2)31-19)22(37)34(20)8-11-3-15(25)16(26)6-14(11)24/h3-7,10H,8-9H2,1-2H3,(H,28,29,36)/i8D2. The first kappa shape index (κ1) is 21.8. The monoisotopic (exact) mass is 533 g/mol. The molecule has 0 spiro atoms. The van der Waals surface area contributed by atoms with Crippen molar-refractivity contribution in [1.82, 2.24) is 38.7 Å². The number of benzene rings is 2. The van der Waals surface area contributed by atoms with Gasteiger partial charge in [0, 0.05) is 37.3 Å². The number of hydrogen-bond donors (Lipinski definition) is 1. The smallest absolute Gasteiger partial charge is 0.277 e. The lowest BCUT2D eigenvalue weighted by molar-refractivity contribution is 0.481. The summed E-state index contributed by atoms with van der Waals surface area (Å²) in [5.41, 5.74) is -3.52. The van der Waals surface area contributed by atoms with Crippen molar-refractivity contribution in [3.8, 4) is 0 Å². The van der Waals surface area contributed by atoms with Crippen molar-refractivity contribution in [3.05, 3.63) is 97.2 Å². The Morgan fingerprint density at radius 3 is 2.51 bits per heavy atom. The SMILES string of the molecule is [2H]C([2H])(c1cc(F)c(F)cc1F)n1c(=Nc2cc3cn(C)nc3cc2Cl)[nH]c(=O)n(Cc2ncn(C)n2)c1=O. The molecule has 5 rings (SSSR count). The lowest BCUT2D eigenvalue weighted by Gasteiger charge is -2.11. The zero-order chi connectivity index (χ0) is 28.2. The third-order valence-electron chi connectivity index (χ3n) is 5.20. The molecule has 0 atom stereocenters. The van der Waals surface area contributed by atoms with Crippen LogP contribution in [0.25, 0.3) is 10.9 Å². The van der Waals surface area contributed by atoms with Gasteiger partial charge in [0.15, 0.2) is 17.5 Å². The first-order valence-electron chi connectivity index (χ1n) is 11.5. The molecule has 0 fully saturated rings. The lowest BCUT2D eigenvalue weighted by atomic mass is 10.2. The van der Waals surface area contributed by atoms with E-state index in [1.54, 1.807) is 20.3 Å². The van der Waals surface area contributed by atoms with Crippen LogP contribution in [0.1, 0.15) is 14.1 Å². The van der Waals surface area contributed by atoms with Gasteiger partial charge in [-0.05, 0) is 18.2 Å². The fraction of sp³-hybridized carbons (Fsp3) is 0.182. The van der Waals surface area contributed by atoms with Crippen LogP contribution in [0.5, 0.6) is 0 Å². The first-order chi connectivity index (χ1) is 18.3. The number of nitrogens with one attached hydrogen (secondary N) is 1. The van der Waals surface area contributed by atoms with Gasteiger partial charge in [-0.25, -0.2) is 37.3 Å². The van der Waals surface area contributed by atoms with Gasteiger partial charge in [-0.1, -0.05) is 11.6 Å². The molecule has 0 amide bonds. The van der Waals surface area contributed by atoms with E-state index in [-0.39, 0.29) is 28.7 Å². The topological polar surface area (TPSA) is 121 Å². The van der Waals surface area contributed by atoms with E-state index in [1.165, 1.54) is 27.8 Å². The molecule has 0 saturated heterocycles. The predicted octanol–water partition coefficient (Wildman–Crippen LogP) is 1.75. The number of aromatic nitrogens is 8. The number of halogens is 4. The Balaban J connectivity index is 1.82. The van der Waals surface area contributed by atoms with Crippen molar-refractivity contribution in [2.24, 2.45) is 19.1 Å². The number of nitrogens with zero attached hydrogens (tertiary/aromatic N) is 8. The summed E-state index contributed by atoms with van der Waals surface area (Å²) in [6, 6.07) is 3.38. The van der Waals surface area contributed by atoms with Crippen molar-refractivity contribution >= 4 is 28.2 Å². The predicted molar refractivity (Wildman–Crippen MR) is 126 cm³/mol. The number of aryl methyl sites for hydroxylation is 2. The fourth-order valence-corrected chi connectivity index (χ4v) is 3.72. The quantitative estimate of drug-likeness (QED) is 0.345. The molecule has 2 aromatic carbocycles. The molecule has 190 valence electrons. The highest BCUT2D eigenvalue weighted by atomic mass is 35.5. The summed E-state index contributed by atoms with van der Waals surface area (Å²) in [5, 5.41) is 8.83. The average Bonchev–Trinajstić information content (AvgIpc) is 3.42. The van der Waals surface area contributed by atoms with Crippen molar-refractivity contribution in [1.29, 1.82) is 0 Å². The zero-order valence-electron chi connectivity index (χ0n) is 21.1. The van der Waals surface area contributed by atoms with Gasteiger partial charge in [-0.15, -0.1) is 0 Å². The molecular weight excluding hydrogens is 515 g/mol. The summed E-state index contributed by atoms with van der Waals surface area (Å²) in [4.78, 5) is 37.0. The second-order valence-electron chi connectivity index (χ2n) is 7.93. The zero-order valence-corrected chi connectivity index (χ0v) is 19.8. The van der Waals surface area contributed by atoms with Gasteiger partial charge < -0.3 is 0 Å². The maximum Gasteiger partial charge on any atom is 0.335 e. The van der Waals surface area contributed by atoms with Gasteiger partial charge in [-0.3, -0.25) is 18.9 Å². The average molecular weight is 534 g/mol. The summed E-state index contributed by atoms with van der Waals surface area (Å²) in [6.07, 6.45) is 2.97. The molecule has 5 aromatic rings. The van der Waals surface area contributed by atoms with E-state index in [9.17, 15) is 22.8 Å². The largest absolute Gasteiger partial charge is 0.335 e. The summed E-state index contributed by atoms with van der Waals surface area (Å²) >= 11 is 6.34. The summed E-state index contributed by atoms with van der Waals surface area (Å²) in [5.74, 6) is -4.55. The van der Waals surface area contributed by atoms with Gasteiger partial charge in [0.25, 0.3) is 0 Å². The normalized spacial score (nSPS) is 13.3. The Hall–Kier alpha value is -4.46. The molecule has 0 bridgehead atoms. The minimum atomic E-state index is -3.19. The highest BCUT2D eigenvalue weighted by molar-refractivity contribution is 6.33. The Kier molecular flexibility index (Phi) is 5.42. The molecule has 37 heavy (non-hydrogen) atoms. The van der Waals surface area contributed by atoms with Crippen LogP contribution >= 0.6 is 11.6 Å². The van der Waals surface area contributed by atoms with Crippen LogP contribution in [0.2, 0.25) is 5.02 Å². The molecule has 3 aromatic heterocycles. The molecular formula is C22H17ClF3N9O2. The van der Waals surface area contributed by atoms with Crippen molar-refractivity contribution < 1.29 is 15.9 Å². The van der Waals surface area contributed by atoms with Crippen LogP contribution in [-0.4, -0.2) is 38.7 Å². The fourth-order valence-electron chi connectivity index (χ4n) is 3.52. The Morgan fingerprint density at radius 1 is 1.03 bits per heavy atom. The van der Waals surface area contributed by atoms with Crippen LogP contribution in [0.4, 0.5) is 18.9 Å². The van der Waals surface area contributed by atoms with Crippen molar-refractivity contribution in [3.63, 3.8) is 0 Å². The Labute approximate surface area is 212 Å². The van der Waals surface area contributed by atoms with E-state index < -0.39 is 53.1 Å². The molecule has 0 saturated carbocycles. The first-order valence-corrected chi connectivity index (χ1v) is 10.9. The minimum Gasteiger partial charge on any atom is -0.277 e. The second kappa shape index (κ2) is 9.20. The summed E-state index contributed by atoms with van der Waals surface area (Å²) in [7, 11) is 3.23. The van der Waals surface area contributed by atoms with Crippen LogP contribution < -0.4 is 17.0 Å². The molecule has 0 aliphatic heterocycles. The summed E-state index contributed by atoms with van der Waals surface area (Å²) in [6.45, 7) is -3.68. The third-order valence-corrected chi connectivity index (χ3v) is 5.50. The van der Waals surface area contributed by atoms with E-state index in [0.717, 1.165) is 0 Å². The van der Waals surface area contributed by atoms with E-state index in [4.69, 9.17) is 14.3 Å². The van der Waals surface area contributed by atoms with Crippen molar-refractivity contribution in [2.75, 3.05) is 0 Å². The number of rotatable bonds is 5. The molecule has 1 N–H and O–H groups in total. The number of hydrogen-bond acceptors (Lipinski definition) is 6. The molecule has 3 heterocycles. The van der Waals surface area contributed by atoms with Crippen LogP contribution in [0.3, 0.4) is 0 Å². The van der Waals surface area contributed by atoms with E-state index in [2.05, 4.69) is 25.2 Å². The summed E-state index contributed by atoms with van der Waals surface area (Å²) < 4.78 is 63.4. The highest BCUT2D eigenvalue weighted by Gasteiger charge is 2.16. The van der Waals surface area contributed by atoms with Crippen LogP contribution in [0.15, 0.2) is 51.4 Å². The molecule has 11 nitrogen and oxygen atoms in total. The minimum absolute atomic E-state index is 0.00617. The second-order valence-corrected chi connectivity index (χ2v) is 8.33. The molecule has 15 heteroatoms. The third kappa shape index (κ3) is 4.70. The lowest BCUT2D eigenvalue weighted by Crippen LogP contribution is -2.50. The number of aromatic amines is 1. The molecule has 0 unspecified atom stereocenters. The van der Waals surface area contributed by atoms with Gasteiger partial charge in [0.05, 0.1) is 32.0 Å². The maximum atomic E-state index is 14.7. The van der Waals surface area contributed by atoms with Gasteiger partial charge >= 0.3 is 11.4 Å². The molecule has 0 radical (unpaired) electrons. The van der Waals surface area contributed by atoms with Gasteiger partial charge in [-0.2, -0.15) is 10.2 Å². The maximum absolute atomic E-state index is 14.7. The van der Waals surface area contributed by atoms with E-state index in [1.807, 2.05) is 0 Å². The Morgan fingerprint density at radius 2 is 1.78 bits per heavy atom. The van der Waals surface area contributed by atoms with E-state index in [0.29, 0.717) is 20.0 Å².